The molecule has 0 saturated carbocycles. The van der Waals surface area contributed by atoms with Crippen molar-refractivity contribution in [1.82, 2.24) is 9.97 Å². The molecule has 8 heteroatoms. The minimum atomic E-state index is -1.23. The Morgan fingerprint density at radius 3 is 2.88 bits per heavy atom. The number of nitrogens with two attached hydrogens (primary N) is 1. The van der Waals surface area contributed by atoms with Crippen LogP contribution in [0.5, 0.6) is 0 Å². The molecule has 2 heterocycles. The van der Waals surface area contributed by atoms with E-state index in [4.69, 9.17) is 10.8 Å². The third-order valence-electron chi connectivity index (χ3n) is 2.34. The van der Waals surface area contributed by atoms with Crippen LogP contribution in [0.25, 0.3) is 0 Å². The maximum Gasteiger partial charge on any atom is 0.358 e. The van der Waals surface area contributed by atoms with Gasteiger partial charge in [0.2, 0.25) is 5.91 Å². The summed E-state index contributed by atoms with van der Waals surface area (Å²) in [5.74, 6) is -1.43. The molecule has 1 aliphatic heterocycles. The smallest absolute Gasteiger partial charge is 0.358 e. The topological polar surface area (TPSA) is 109 Å². The highest BCUT2D eigenvalue weighted by atomic mass is 79.9. The van der Waals surface area contributed by atoms with E-state index in [2.05, 4.69) is 25.9 Å². The summed E-state index contributed by atoms with van der Waals surface area (Å²) < 4.78 is 0.301. The first-order chi connectivity index (χ1) is 7.99. The number of carbonyl (C=O) groups is 2. The third kappa shape index (κ3) is 2.27. The average molecular weight is 301 g/mol. The van der Waals surface area contributed by atoms with Gasteiger partial charge in [-0.1, -0.05) is 0 Å². The number of carboxylic acid groups (broad SMARTS) is 1. The lowest BCUT2D eigenvalue weighted by Crippen LogP contribution is -2.30. The minimum Gasteiger partial charge on any atom is -0.476 e. The summed E-state index contributed by atoms with van der Waals surface area (Å²) in [6.45, 7) is 0.259. The molecule has 1 fully saturated rings. The van der Waals surface area contributed by atoms with Crippen LogP contribution in [-0.2, 0) is 4.79 Å². The SMILES string of the molecule is NC1CC(=O)N(c2ncc(Br)nc2C(=O)O)C1. The molecule has 1 aromatic rings. The van der Waals surface area contributed by atoms with E-state index in [0.717, 1.165) is 0 Å². The molecular weight excluding hydrogens is 292 g/mol. The van der Waals surface area contributed by atoms with Crippen LogP contribution in [0.3, 0.4) is 0 Å². The standard InChI is InChI=1S/C9H9BrN4O3/c10-5-2-12-8(7(13-5)9(16)17)14-3-4(11)1-6(14)15/h2,4H,1,3,11H2,(H,16,17). The van der Waals surface area contributed by atoms with Crippen molar-refractivity contribution in [3.8, 4) is 0 Å². The van der Waals surface area contributed by atoms with Crippen LogP contribution in [0.2, 0.25) is 0 Å². The van der Waals surface area contributed by atoms with Gasteiger partial charge in [0, 0.05) is 19.0 Å². The van der Waals surface area contributed by atoms with Gasteiger partial charge in [0.25, 0.3) is 0 Å². The van der Waals surface area contributed by atoms with Gasteiger partial charge in [-0.3, -0.25) is 9.69 Å². The highest BCUT2D eigenvalue weighted by Crippen LogP contribution is 2.22. The first-order valence-corrected chi connectivity index (χ1v) is 5.60. The second-order valence-corrected chi connectivity index (χ2v) is 4.45. The van der Waals surface area contributed by atoms with E-state index in [1.165, 1.54) is 11.1 Å². The number of hydrogen-bond acceptors (Lipinski definition) is 5. The van der Waals surface area contributed by atoms with E-state index in [0.29, 0.717) is 4.60 Å². The summed E-state index contributed by atoms with van der Waals surface area (Å²) in [7, 11) is 0. The molecule has 90 valence electrons. The molecular formula is C9H9BrN4O3. The maximum atomic E-state index is 11.6. The van der Waals surface area contributed by atoms with Crippen molar-refractivity contribution >= 4 is 33.6 Å². The van der Waals surface area contributed by atoms with E-state index < -0.39 is 5.97 Å². The summed E-state index contributed by atoms with van der Waals surface area (Å²) in [6.07, 6.45) is 1.54. The van der Waals surface area contributed by atoms with Gasteiger partial charge < -0.3 is 10.8 Å². The minimum absolute atomic E-state index is 0.0404. The molecule has 0 radical (unpaired) electrons. The Morgan fingerprint density at radius 2 is 2.35 bits per heavy atom. The molecule has 1 saturated heterocycles. The zero-order valence-corrected chi connectivity index (χ0v) is 10.2. The summed E-state index contributed by atoms with van der Waals surface area (Å²) in [4.78, 5) is 31.6. The number of hydrogen-bond donors (Lipinski definition) is 2. The van der Waals surface area contributed by atoms with Gasteiger partial charge in [-0.05, 0) is 15.9 Å². The zero-order valence-electron chi connectivity index (χ0n) is 8.63. The van der Waals surface area contributed by atoms with Crippen LogP contribution in [0.15, 0.2) is 10.8 Å². The van der Waals surface area contributed by atoms with Crippen LogP contribution in [-0.4, -0.2) is 39.5 Å². The Balaban J connectivity index is 2.45. The summed E-state index contributed by atoms with van der Waals surface area (Å²) in [5.41, 5.74) is 5.38. The molecule has 17 heavy (non-hydrogen) atoms. The number of aromatic nitrogens is 2. The van der Waals surface area contributed by atoms with Gasteiger partial charge in [-0.25, -0.2) is 14.8 Å². The second kappa shape index (κ2) is 4.38. The highest BCUT2D eigenvalue weighted by Gasteiger charge is 2.32. The molecule has 2 rings (SSSR count). The van der Waals surface area contributed by atoms with Crippen molar-refractivity contribution in [1.29, 1.82) is 0 Å². The number of halogens is 1. The second-order valence-electron chi connectivity index (χ2n) is 3.64. The van der Waals surface area contributed by atoms with Gasteiger partial charge in [-0.15, -0.1) is 0 Å². The lowest BCUT2D eigenvalue weighted by molar-refractivity contribution is -0.117. The van der Waals surface area contributed by atoms with E-state index in [-0.39, 0.29) is 36.4 Å². The fraction of sp³-hybridized carbons (Fsp3) is 0.333. The molecule has 1 aliphatic rings. The highest BCUT2D eigenvalue weighted by molar-refractivity contribution is 9.10. The zero-order chi connectivity index (χ0) is 12.6. The van der Waals surface area contributed by atoms with Crippen molar-refractivity contribution in [2.45, 2.75) is 12.5 Å². The third-order valence-corrected chi connectivity index (χ3v) is 2.72. The first kappa shape index (κ1) is 11.9. The van der Waals surface area contributed by atoms with Crippen molar-refractivity contribution in [3.63, 3.8) is 0 Å². The van der Waals surface area contributed by atoms with Crippen LogP contribution < -0.4 is 10.6 Å². The van der Waals surface area contributed by atoms with Gasteiger partial charge in [0.15, 0.2) is 11.5 Å². The fourth-order valence-corrected chi connectivity index (χ4v) is 1.92. The molecule has 3 N–H and O–H groups in total. The van der Waals surface area contributed by atoms with E-state index >= 15 is 0 Å². The van der Waals surface area contributed by atoms with Crippen molar-refractivity contribution in [3.05, 3.63) is 16.5 Å². The number of anilines is 1. The Bertz CT molecular complexity index is 493. The number of carboxylic acids is 1. The van der Waals surface area contributed by atoms with Crippen LogP contribution >= 0.6 is 15.9 Å². The monoisotopic (exact) mass is 300 g/mol. The van der Waals surface area contributed by atoms with Crippen molar-refractivity contribution in [2.24, 2.45) is 5.73 Å². The molecule has 7 nitrogen and oxygen atoms in total. The van der Waals surface area contributed by atoms with E-state index in [1.54, 1.807) is 0 Å². The quantitative estimate of drug-likeness (QED) is 0.796. The Morgan fingerprint density at radius 1 is 1.65 bits per heavy atom. The largest absolute Gasteiger partial charge is 0.476 e. The van der Waals surface area contributed by atoms with Gasteiger partial charge in [-0.2, -0.15) is 0 Å². The molecule has 1 amide bonds. The van der Waals surface area contributed by atoms with Crippen LogP contribution in [0.4, 0.5) is 5.82 Å². The van der Waals surface area contributed by atoms with Crippen LogP contribution in [0.1, 0.15) is 16.9 Å². The van der Waals surface area contributed by atoms with Crippen molar-refractivity contribution < 1.29 is 14.7 Å². The normalized spacial score (nSPS) is 19.8. The summed E-state index contributed by atoms with van der Waals surface area (Å²) in [6, 6.07) is -0.297. The molecule has 0 aliphatic carbocycles. The predicted octanol–water partition coefficient (Wildman–Crippen LogP) is 0.00130. The number of rotatable bonds is 2. The molecule has 0 aromatic carbocycles. The lowest BCUT2D eigenvalue weighted by atomic mass is 10.3. The van der Waals surface area contributed by atoms with Crippen molar-refractivity contribution in [2.75, 3.05) is 11.4 Å². The Labute approximate surface area is 105 Å². The van der Waals surface area contributed by atoms with Gasteiger partial charge in [0.1, 0.15) is 4.60 Å². The van der Waals surface area contributed by atoms with Gasteiger partial charge >= 0.3 is 5.97 Å². The maximum absolute atomic E-state index is 11.6. The Hall–Kier alpha value is -1.54. The predicted molar refractivity (Wildman–Crippen MR) is 61.6 cm³/mol. The number of carbonyl (C=O) groups excluding carboxylic acids is 1. The number of aromatic carboxylic acids is 1. The first-order valence-electron chi connectivity index (χ1n) is 4.81. The summed E-state index contributed by atoms with van der Waals surface area (Å²) >= 11 is 3.04. The molecule has 1 aromatic heterocycles. The molecule has 0 spiro atoms. The lowest BCUT2D eigenvalue weighted by Gasteiger charge is -2.16. The average Bonchev–Trinajstić information content (AvgIpc) is 2.57. The van der Waals surface area contributed by atoms with Gasteiger partial charge in [0.05, 0.1) is 6.20 Å². The van der Waals surface area contributed by atoms with Crippen LogP contribution in [0, 0.1) is 0 Å². The number of amides is 1. The molecule has 0 bridgehead atoms. The van der Waals surface area contributed by atoms with E-state index in [9.17, 15) is 9.59 Å². The molecule has 1 atom stereocenters. The molecule has 1 unspecified atom stereocenters. The van der Waals surface area contributed by atoms with E-state index in [1.807, 2.05) is 0 Å². The Kier molecular flexibility index (Phi) is 3.07. The summed E-state index contributed by atoms with van der Waals surface area (Å²) in [5, 5.41) is 9.01. The number of nitrogens with zero attached hydrogens (tertiary/aromatic N) is 3. The fourth-order valence-electron chi connectivity index (χ4n) is 1.64.